The van der Waals surface area contributed by atoms with Crippen LogP contribution in [0.3, 0.4) is 0 Å². The van der Waals surface area contributed by atoms with Crippen LogP contribution in [0.4, 0.5) is 8.78 Å². The summed E-state index contributed by atoms with van der Waals surface area (Å²) in [5, 5.41) is 0.242. The van der Waals surface area contributed by atoms with Gasteiger partial charge in [0.15, 0.2) is 0 Å². The third-order valence-electron chi connectivity index (χ3n) is 4.05. The van der Waals surface area contributed by atoms with E-state index < -0.39 is 5.82 Å². The lowest BCUT2D eigenvalue weighted by molar-refractivity contribution is -0.138. The number of benzene rings is 2. The number of hydrogen-bond donors (Lipinski definition) is 0. The van der Waals surface area contributed by atoms with Crippen molar-refractivity contribution in [2.45, 2.75) is 12.5 Å². The first-order valence-corrected chi connectivity index (χ1v) is 8.00. The summed E-state index contributed by atoms with van der Waals surface area (Å²) in [4.78, 5) is 14.1. The highest BCUT2D eigenvalue weighted by Gasteiger charge is 2.26. The molecular weight excluding hydrogens is 336 g/mol. The zero-order valence-corrected chi connectivity index (χ0v) is 13.6. The van der Waals surface area contributed by atoms with Crippen molar-refractivity contribution in [2.24, 2.45) is 0 Å². The average Bonchev–Trinajstić information content (AvgIpc) is 2.59. The lowest BCUT2D eigenvalue weighted by atomic mass is 10.1. The molecule has 1 heterocycles. The third-order valence-corrected chi connectivity index (χ3v) is 4.40. The van der Waals surface area contributed by atoms with Crippen LogP contribution in [0, 0.1) is 11.6 Å². The molecule has 1 aliphatic heterocycles. The summed E-state index contributed by atoms with van der Waals surface area (Å²) >= 11 is 5.98. The molecular formula is C18H16ClF2NO2. The number of hydrogen-bond acceptors (Lipinski definition) is 2. The Morgan fingerprint density at radius 3 is 2.67 bits per heavy atom. The Morgan fingerprint density at radius 1 is 1.21 bits per heavy atom. The normalized spacial score (nSPS) is 17.8. The molecule has 1 saturated heterocycles. The van der Waals surface area contributed by atoms with Crippen LogP contribution in [-0.4, -0.2) is 30.5 Å². The Morgan fingerprint density at radius 2 is 1.96 bits per heavy atom. The summed E-state index contributed by atoms with van der Waals surface area (Å²) in [6.45, 7) is 1.15. The molecule has 0 aromatic heterocycles. The van der Waals surface area contributed by atoms with Crippen molar-refractivity contribution >= 4 is 17.5 Å². The lowest BCUT2D eigenvalue weighted by Crippen LogP contribution is -2.43. The SMILES string of the molecule is O=C(Cc1c(F)cccc1Cl)N1CCOC(c2ccc(F)cc2)C1. The Labute approximate surface area is 143 Å². The Hall–Kier alpha value is -1.98. The summed E-state index contributed by atoms with van der Waals surface area (Å²) in [7, 11) is 0. The molecule has 2 aromatic rings. The standard InChI is InChI=1S/C18H16ClF2NO2/c19-15-2-1-3-16(21)14(15)10-18(23)22-8-9-24-17(11-22)12-4-6-13(20)7-5-12/h1-7,17H,8-11H2. The maximum Gasteiger partial charge on any atom is 0.227 e. The van der Waals surface area contributed by atoms with Gasteiger partial charge in [0.05, 0.1) is 19.6 Å². The van der Waals surface area contributed by atoms with Crippen molar-refractivity contribution in [3.8, 4) is 0 Å². The Balaban J connectivity index is 1.70. The summed E-state index contributed by atoms with van der Waals surface area (Å²) in [5.74, 6) is -1.02. The zero-order chi connectivity index (χ0) is 17.1. The molecule has 2 aromatic carbocycles. The fourth-order valence-corrected chi connectivity index (χ4v) is 2.95. The zero-order valence-electron chi connectivity index (χ0n) is 12.8. The minimum atomic E-state index is -0.487. The van der Waals surface area contributed by atoms with Crippen molar-refractivity contribution in [3.05, 3.63) is 70.2 Å². The second-order valence-corrected chi connectivity index (χ2v) is 6.03. The van der Waals surface area contributed by atoms with Crippen LogP contribution >= 0.6 is 11.6 Å². The summed E-state index contributed by atoms with van der Waals surface area (Å²) < 4.78 is 32.5. The largest absolute Gasteiger partial charge is 0.370 e. The number of halogens is 3. The van der Waals surface area contributed by atoms with Gasteiger partial charge in [-0.1, -0.05) is 29.8 Å². The van der Waals surface area contributed by atoms with E-state index in [1.807, 2.05) is 0 Å². The van der Waals surface area contributed by atoms with E-state index in [4.69, 9.17) is 16.3 Å². The highest BCUT2D eigenvalue weighted by Crippen LogP contribution is 2.24. The first-order valence-electron chi connectivity index (χ1n) is 7.62. The van der Waals surface area contributed by atoms with Crippen LogP contribution in [0.25, 0.3) is 0 Å². The topological polar surface area (TPSA) is 29.5 Å². The number of nitrogens with zero attached hydrogens (tertiary/aromatic N) is 1. The van der Waals surface area contributed by atoms with E-state index in [0.717, 1.165) is 5.56 Å². The molecule has 6 heteroatoms. The maximum atomic E-state index is 13.8. The third kappa shape index (κ3) is 3.74. The van der Waals surface area contributed by atoms with Gasteiger partial charge in [-0.2, -0.15) is 0 Å². The van der Waals surface area contributed by atoms with Crippen LogP contribution < -0.4 is 0 Å². The molecule has 1 fully saturated rings. The molecule has 0 aliphatic carbocycles. The summed E-state index contributed by atoms with van der Waals surface area (Å²) in [6.07, 6.45) is -0.416. The smallest absolute Gasteiger partial charge is 0.227 e. The molecule has 3 rings (SSSR count). The van der Waals surface area contributed by atoms with E-state index in [9.17, 15) is 13.6 Å². The van der Waals surface area contributed by atoms with Gasteiger partial charge < -0.3 is 9.64 Å². The van der Waals surface area contributed by atoms with Crippen LogP contribution in [-0.2, 0) is 16.0 Å². The van der Waals surface area contributed by atoms with Gasteiger partial charge in [-0.05, 0) is 29.8 Å². The highest BCUT2D eigenvalue weighted by atomic mass is 35.5. The fourth-order valence-electron chi connectivity index (χ4n) is 2.72. The van der Waals surface area contributed by atoms with Crippen molar-refractivity contribution in [1.82, 2.24) is 4.90 Å². The monoisotopic (exact) mass is 351 g/mol. The van der Waals surface area contributed by atoms with E-state index in [1.165, 1.54) is 24.3 Å². The van der Waals surface area contributed by atoms with Crippen molar-refractivity contribution < 1.29 is 18.3 Å². The predicted molar refractivity (Wildman–Crippen MR) is 86.8 cm³/mol. The van der Waals surface area contributed by atoms with E-state index in [0.29, 0.717) is 19.7 Å². The van der Waals surface area contributed by atoms with Gasteiger partial charge in [0.1, 0.15) is 17.7 Å². The Kier molecular flexibility index (Phi) is 5.11. The van der Waals surface area contributed by atoms with Crippen molar-refractivity contribution in [1.29, 1.82) is 0 Å². The number of morpholine rings is 1. The predicted octanol–water partition coefficient (Wildman–Crippen LogP) is 3.76. The molecule has 3 nitrogen and oxygen atoms in total. The van der Waals surface area contributed by atoms with Gasteiger partial charge in [0, 0.05) is 17.1 Å². The number of carbonyl (C=O) groups excluding carboxylic acids is 1. The second-order valence-electron chi connectivity index (χ2n) is 5.63. The quantitative estimate of drug-likeness (QED) is 0.842. The summed E-state index contributed by atoms with van der Waals surface area (Å²) in [6, 6.07) is 10.4. The van der Waals surface area contributed by atoms with Gasteiger partial charge >= 0.3 is 0 Å². The van der Waals surface area contributed by atoms with Crippen LogP contribution in [0.2, 0.25) is 5.02 Å². The van der Waals surface area contributed by atoms with Gasteiger partial charge in [0.2, 0.25) is 5.91 Å². The van der Waals surface area contributed by atoms with Gasteiger partial charge in [0.25, 0.3) is 0 Å². The first-order chi connectivity index (χ1) is 11.5. The summed E-state index contributed by atoms with van der Waals surface area (Å²) in [5.41, 5.74) is 1.01. The molecule has 1 unspecified atom stereocenters. The number of amides is 1. The van der Waals surface area contributed by atoms with Crippen LogP contribution in [0.5, 0.6) is 0 Å². The number of rotatable bonds is 3. The van der Waals surface area contributed by atoms with E-state index >= 15 is 0 Å². The number of ether oxygens (including phenoxy) is 1. The van der Waals surface area contributed by atoms with Crippen LogP contribution in [0.1, 0.15) is 17.2 Å². The van der Waals surface area contributed by atoms with Crippen LogP contribution in [0.15, 0.2) is 42.5 Å². The minimum absolute atomic E-state index is 0.0956. The molecule has 0 saturated carbocycles. The maximum absolute atomic E-state index is 13.8. The number of carbonyl (C=O) groups is 1. The van der Waals surface area contributed by atoms with Crippen molar-refractivity contribution in [2.75, 3.05) is 19.7 Å². The highest BCUT2D eigenvalue weighted by molar-refractivity contribution is 6.31. The molecule has 1 aliphatic rings. The molecule has 1 atom stereocenters. The fraction of sp³-hybridized carbons (Fsp3) is 0.278. The molecule has 0 spiro atoms. The van der Waals surface area contributed by atoms with Gasteiger partial charge in [-0.3, -0.25) is 4.79 Å². The molecule has 24 heavy (non-hydrogen) atoms. The molecule has 1 amide bonds. The first kappa shape index (κ1) is 16.9. The second kappa shape index (κ2) is 7.28. The lowest BCUT2D eigenvalue weighted by Gasteiger charge is -2.33. The molecule has 126 valence electrons. The van der Waals surface area contributed by atoms with E-state index in [1.54, 1.807) is 23.1 Å². The average molecular weight is 352 g/mol. The van der Waals surface area contributed by atoms with E-state index in [-0.39, 0.29) is 34.8 Å². The van der Waals surface area contributed by atoms with E-state index in [2.05, 4.69) is 0 Å². The van der Waals surface area contributed by atoms with Crippen molar-refractivity contribution in [3.63, 3.8) is 0 Å². The Bertz CT molecular complexity index is 716. The molecule has 0 radical (unpaired) electrons. The molecule has 0 N–H and O–H groups in total. The van der Waals surface area contributed by atoms with Gasteiger partial charge in [-0.25, -0.2) is 8.78 Å². The van der Waals surface area contributed by atoms with Gasteiger partial charge in [-0.15, -0.1) is 0 Å². The minimum Gasteiger partial charge on any atom is -0.370 e. The molecule has 0 bridgehead atoms.